The highest BCUT2D eigenvalue weighted by atomic mass is 79.9. The Balaban J connectivity index is 0.00000200. The molecule has 1 N–H and O–H groups in total. The van der Waals surface area contributed by atoms with Gasteiger partial charge in [0.2, 0.25) is 0 Å². The molecule has 1 saturated heterocycles. The highest BCUT2D eigenvalue weighted by molar-refractivity contribution is 9.10. The van der Waals surface area contributed by atoms with Crippen LogP contribution in [0, 0.1) is 0 Å². The second-order valence-electron chi connectivity index (χ2n) is 4.27. The fourth-order valence-electron chi connectivity index (χ4n) is 1.93. The first kappa shape index (κ1) is 17.3. The summed E-state index contributed by atoms with van der Waals surface area (Å²) in [6.07, 6.45) is -4.46. The Morgan fingerprint density at radius 1 is 1.20 bits per heavy atom. The summed E-state index contributed by atoms with van der Waals surface area (Å²) in [6, 6.07) is 3.28. The maximum absolute atomic E-state index is 12.7. The van der Waals surface area contributed by atoms with E-state index in [0.717, 1.165) is 12.1 Å². The van der Waals surface area contributed by atoms with Gasteiger partial charge in [-0.05, 0) is 18.2 Å². The lowest BCUT2D eigenvalue weighted by Gasteiger charge is -2.27. The van der Waals surface area contributed by atoms with Crippen molar-refractivity contribution < 1.29 is 18.0 Å². The number of amides is 1. The van der Waals surface area contributed by atoms with Crippen LogP contribution in [-0.2, 0) is 6.18 Å². The number of benzene rings is 1. The van der Waals surface area contributed by atoms with Crippen LogP contribution in [0.4, 0.5) is 13.2 Å². The van der Waals surface area contributed by atoms with E-state index in [-0.39, 0.29) is 28.4 Å². The molecule has 0 aliphatic carbocycles. The smallest absolute Gasteiger partial charge is 0.336 e. The van der Waals surface area contributed by atoms with E-state index in [9.17, 15) is 18.0 Å². The summed E-state index contributed by atoms with van der Waals surface area (Å²) in [5.74, 6) is -0.367. The van der Waals surface area contributed by atoms with Crippen LogP contribution >= 0.6 is 28.3 Å². The van der Waals surface area contributed by atoms with E-state index >= 15 is 0 Å². The minimum Gasteiger partial charge on any atom is -0.336 e. The second-order valence-corrected chi connectivity index (χ2v) is 5.18. The second kappa shape index (κ2) is 6.78. The average molecular weight is 374 g/mol. The van der Waals surface area contributed by atoms with Crippen molar-refractivity contribution in [3.05, 3.63) is 33.8 Å². The van der Waals surface area contributed by atoms with Gasteiger partial charge < -0.3 is 10.2 Å². The van der Waals surface area contributed by atoms with Crippen molar-refractivity contribution in [2.75, 3.05) is 26.2 Å². The Kier molecular flexibility index (Phi) is 5.85. The summed E-state index contributed by atoms with van der Waals surface area (Å²) in [5, 5.41) is 3.08. The van der Waals surface area contributed by atoms with E-state index in [2.05, 4.69) is 21.2 Å². The van der Waals surface area contributed by atoms with Crippen LogP contribution in [0.25, 0.3) is 0 Å². The topological polar surface area (TPSA) is 32.3 Å². The van der Waals surface area contributed by atoms with E-state index in [0.29, 0.717) is 26.2 Å². The van der Waals surface area contributed by atoms with Crippen molar-refractivity contribution in [2.45, 2.75) is 6.18 Å². The Bertz CT molecular complexity index is 490. The van der Waals surface area contributed by atoms with E-state index in [1.807, 2.05) is 0 Å². The molecule has 8 heteroatoms. The van der Waals surface area contributed by atoms with Gasteiger partial charge in [-0.25, -0.2) is 0 Å². The van der Waals surface area contributed by atoms with Crippen LogP contribution in [0.3, 0.4) is 0 Å². The molecule has 2 rings (SSSR count). The number of hydrogen-bond donors (Lipinski definition) is 1. The molecule has 1 aliphatic heterocycles. The predicted molar refractivity (Wildman–Crippen MR) is 75.2 cm³/mol. The Hall–Kier alpha value is -0.790. The number of nitrogens with one attached hydrogen (secondary N) is 1. The summed E-state index contributed by atoms with van der Waals surface area (Å²) in [4.78, 5) is 13.7. The van der Waals surface area contributed by atoms with Gasteiger partial charge in [0.15, 0.2) is 0 Å². The van der Waals surface area contributed by atoms with Crippen molar-refractivity contribution in [3.8, 4) is 0 Å². The number of rotatable bonds is 1. The summed E-state index contributed by atoms with van der Waals surface area (Å²) in [5.41, 5.74) is -0.760. The van der Waals surface area contributed by atoms with Gasteiger partial charge in [-0.3, -0.25) is 4.79 Å². The Morgan fingerprint density at radius 2 is 1.80 bits per heavy atom. The molecule has 1 fully saturated rings. The molecule has 1 aliphatic rings. The number of nitrogens with zero attached hydrogens (tertiary/aromatic N) is 1. The van der Waals surface area contributed by atoms with Gasteiger partial charge in [-0.2, -0.15) is 13.2 Å². The standard InChI is InChI=1S/C12H12BrF3N2O.ClH/c13-10-6-8(5-9(7-10)12(14,15)16)11(19)18-3-1-17-2-4-18;/h5-7,17H,1-4H2;1H. The number of hydrogen-bond acceptors (Lipinski definition) is 2. The van der Waals surface area contributed by atoms with Crippen molar-refractivity contribution in [1.82, 2.24) is 10.2 Å². The lowest BCUT2D eigenvalue weighted by Crippen LogP contribution is -2.46. The van der Waals surface area contributed by atoms with Crippen LogP contribution in [-0.4, -0.2) is 37.0 Å². The third kappa shape index (κ3) is 4.10. The molecule has 1 aromatic rings. The lowest BCUT2D eigenvalue weighted by molar-refractivity contribution is -0.137. The SMILES string of the molecule is Cl.O=C(c1cc(Br)cc(C(F)(F)F)c1)N1CCNCC1. The predicted octanol–water partition coefficient (Wildman–Crippen LogP) is 2.94. The van der Waals surface area contributed by atoms with Gasteiger partial charge in [-0.1, -0.05) is 15.9 Å². The quantitative estimate of drug-likeness (QED) is 0.821. The zero-order valence-electron chi connectivity index (χ0n) is 10.3. The first-order valence-corrected chi connectivity index (χ1v) is 6.55. The molecular formula is C12H13BrClF3N2O. The summed E-state index contributed by atoms with van der Waals surface area (Å²) in [6.45, 7) is 2.33. The van der Waals surface area contributed by atoms with Gasteiger partial charge in [0.05, 0.1) is 5.56 Å². The zero-order valence-corrected chi connectivity index (χ0v) is 12.7. The van der Waals surface area contributed by atoms with Crippen LogP contribution in [0.15, 0.2) is 22.7 Å². The molecule has 1 heterocycles. The number of halogens is 5. The van der Waals surface area contributed by atoms with Crippen LogP contribution in [0.2, 0.25) is 0 Å². The maximum Gasteiger partial charge on any atom is 0.416 e. The van der Waals surface area contributed by atoms with Gasteiger partial charge in [0.25, 0.3) is 5.91 Å². The monoisotopic (exact) mass is 372 g/mol. The van der Waals surface area contributed by atoms with Crippen molar-refractivity contribution in [3.63, 3.8) is 0 Å². The summed E-state index contributed by atoms with van der Waals surface area (Å²) in [7, 11) is 0. The third-order valence-corrected chi connectivity index (χ3v) is 3.33. The number of piperazine rings is 1. The van der Waals surface area contributed by atoms with Crippen LogP contribution in [0.5, 0.6) is 0 Å². The van der Waals surface area contributed by atoms with Crippen molar-refractivity contribution >= 4 is 34.2 Å². The molecule has 0 atom stereocenters. The fourth-order valence-corrected chi connectivity index (χ4v) is 2.42. The molecular weight excluding hydrogens is 360 g/mol. The van der Waals surface area contributed by atoms with Crippen molar-refractivity contribution in [2.24, 2.45) is 0 Å². The van der Waals surface area contributed by atoms with E-state index < -0.39 is 11.7 Å². The van der Waals surface area contributed by atoms with Crippen LogP contribution < -0.4 is 5.32 Å². The molecule has 0 bridgehead atoms. The average Bonchev–Trinajstić information content (AvgIpc) is 2.37. The summed E-state index contributed by atoms with van der Waals surface area (Å²) >= 11 is 3.01. The maximum atomic E-state index is 12.7. The molecule has 0 unspecified atom stereocenters. The van der Waals surface area contributed by atoms with E-state index in [1.165, 1.54) is 6.07 Å². The van der Waals surface area contributed by atoms with E-state index in [1.54, 1.807) is 4.90 Å². The van der Waals surface area contributed by atoms with Gasteiger partial charge in [0, 0.05) is 36.2 Å². The molecule has 3 nitrogen and oxygen atoms in total. The Labute approximate surface area is 129 Å². The molecule has 0 spiro atoms. The Morgan fingerprint density at radius 3 is 2.35 bits per heavy atom. The highest BCUT2D eigenvalue weighted by Crippen LogP contribution is 2.32. The molecule has 1 amide bonds. The summed E-state index contributed by atoms with van der Waals surface area (Å²) < 4.78 is 38.3. The van der Waals surface area contributed by atoms with Gasteiger partial charge in [-0.15, -0.1) is 12.4 Å². The van der Waals surface area contributed by atoms with E-state index in [4.69, 9.17) is 0 Å². The minimum atomic E-state index is -4.46. The molecule has 20 heavy (non-hydrogen) atoms. The first-order valence-electron chi connectivity index (χ1n) is 5.76. The van der Waals surface area contributed by atoms with Crippen molar-refractivity contribution in [1.29, 1.82) is 0 Å². The molecule has 0 aromatic heterocycles. The number of carbonyl (C=O) groups excluding carboxylic acids is 1. The van der Waals surface area contributed by atoms with Gasteiger partial charge >= 0.3 is 6.18 Å². The fraction of sp³-hybridized carbons (Fsp3) is 0.417. The lowest BCUT2D eigenvalue weighted by atomic mass is 10.1. The molecule has 1 aromatic carbocycles. The highest BCUT2D eigenvalue weighted by Gasteiger charge is 2.32. The van der Waals surface area contributed by atoms with Gasteiger partial charge in [0.1, 0.15) is 0 Å². The number of carbonyl (C=O) groups is 1. The number of alkyl halides is 3. The van der Waals surface area contributed by atoms with Crippen LogP contribution in [0.1, 0.15) is 15.9 Å². The minimum absolute atomic E-state index is 0. The normalized spacial score (nSPS) is 15.7. The zero-order chi connectivity index (χ0) is 14.0. The molecule has 112 valence electrons. The largest absolute Gasteiger partial charge is 0.416 e. The first-order chi connectivity index (χ1) is 8.88. The molecule has 0 saturated carbocycles. The third-order valence-electron chi connectivity index (χ3n) is 2.88. The molecule has 0 radical (unpaired) electrons.